The average molecular weight is 161 g/mol. The Balaban J connectivity index is 2.86. The lowest BCUT2D eigenvalue weighted by Crippen LogP contribution is -1.88. The zero-order valence-corrected chi connectivity index (χ0v) is 6.53. The third-order valence-corrected chi connectivity index (χ3v) is 1.21. The topological polar surface area (TPSA) is 50.2 Å². The standard InChI is InChI=1S/C9H7NO2/c1-7-2-3-8(10-6-7)4-5-9(11)12/h2-3,6H,1H3,(H,11,12). The molecule has 1 heterocycles. The van der Waals surface area contributed by atoms with E-state index >= 15 is 0 Å². The van der Waals surface area contributed by atoms with Gasteiger partial charge in [0, 0.05) is 12.1 Å². The SMILES string of the molecule is Cc1ccc(C#CC(=O)O)nc1. The molecule has 0 saturated carbocycles. The summed E-state index contributed by atoms with van der Waals surface area (Å²) in [6, 6.07) is 3.52. The Labute approximate surface area is 70.1 Å². The number of carboxylic acids is 1. The maximum Gasteiger partial charge on any atom is 0.382 e. The average Bonchev–Trinajstić information content (AvgIpc) is 2.03. The number of carboxylic acid groups (broad SMARTS) is 1. The second-order valence-corrected chi connectivity index (χ2v) is 2.28. The van der Waals surface area contributed by atoms with E-state index in [1.54, 1.807) is 12.3 Å². The fourth-order valence-corrected chi connectivity index (χ4v) is 0.659. The summed E-state index contributed by atoms with van der Waals surface area (Å²) in [5.41, 5.74) is 1.50. The van der Waals surface area contributed by atoms with Crippen LogP contribution >= 0.6 is 0 Å². The van der Waals surface area contributed by atoms with Crippen molar-refractivity contribution < 1.29 is 9.90 Å². The van der Waals surface area contributed by atoms with Gasteiger partial charge in [-0.05, 0) is 24.5 Å². The minimum absolute atomic E-state index is 0.475. The molecule has 0 aliphatic carbocycles. The molecule has 60 valence electrons. The third kappa shape index (κ3) is 2.43. The molecule has 0 aliphatic heterocycles. The molecule has 3 heteroatoms. The summed E-state index contributed by atoms with van der Waals surface area (Å²) < 4.78 is 0. The Bertz CT molecular complexity index is 343. The second-order valence-electron chi connectivity index (χ2n) is 2.28. The molecule has 0 radical (unpaired) electrons. The highest BCUT2D eigenvalue weighted by atomic mass is 16.4. The number of aryl methyl sites for hydroxylation is 1. The summed E-state index contributed by atoms with van der Waals surface area (Å²) in [5, 5.41) is 8.23. The van der Waals surface area contributed by atoms with Crippen molar-refractivity contribution in [2.75, 3.05) is 0 Å². The highest BCUT2D eigenvalue weighted by Crippen LogP contribution is 1.95. The quantitative estimate of drug-likeness (QED) is 0.573. The molecule has 0 saturated heterocycles. The first kappa shape index (κ1) is 8.28. The van der Waals surface area contributed by atoms with Gasteiger partial charge < -0.3 is 5.11 Å². The molecule has 1 aromatic heterocycles. The predicted octanol–water partition coefficient (Wildman–Crippen LogP) is 0.826. The summed E-state index contributed by atoms with van der Waals surface area (Å²) in [7, 11) is 0. The number of hydrogen-bond acceptors (Lipinski definition) is 2. The van der Waals surface area contributed by atoms with E-state index in [2.05, 4.69) is 10.9 Å². The first-order valence-corrected chi connectivity index (χ1v) is 3.36. The van der Waals surface area contributed by atoms with Crippen LogP contribution < -0.4 is 0 Å². The number of pyridine rings is 1. The molecule has 0 unspecified atom stereocenters. The summed E-state index contributed by atoms with van der Waals surface area (Å²) in [6.07, 6.45) is 1.64. The zero-order valence-electron chi connectivity index (χ0n) is 6.53. The van der Waals surface area contributed by atoms with E-state index in [0.29, 0.717) is 5.69 Å². The van der Waals surface area contributed by atoms with Crippen LogP contribution in [0.3, 0.4) is 0 Å². The van der Waals surface area contributed by atoms with E-state index in [0.717, 1.165) is 5.56 Å². The van der Waals surface area contributed by atoms with Crippen molar-refractivity contribution in [3.63, 3.8) is 0 Å². The summed E-state index contributed by atoms with van der Waals surface area (Å²) in [4.78, 5) is 14.0. The van der Waals surface area contributed by atoms with Gasteiger partial charge in [-0.2, -0.15) is 0 Å². The van der Waals surface area contributed by atoms with E-state index in [1.165, 1.54) is 0 Å². The lowest BCUT2D eigenvalue weighted by molar-refractivity contribution is -0.130. The largest absolute Gasteiger partial charge is 0.472 e. The van der Waals surface area contributed by atoms with Crippen molar-refractivity contribution in [3.8, 4) is 11.8 Å². The van der Waals surface area contributed by atoms with Crippen molar-refractivity contribution >= 4 is 5.97 Å². The Morgan fingerprint density at radius 3 is 2.83 bits per heavy atom. The van der Waals surface area contributed by atoms with Crippen molar-refractivity contribution in [2.24, 2.45) is 0 Å². The molecular formula is C9H7NO2. The molecule has 0 atom stereocenters. The summed E-state index contributed by atoms with van der Waals surface area (Å²) in [5.74, 6) is 3.25. The van der Waals surface area contributed by atoms with Gasteiger partial charge in [0.15, 0.2) is 0 Å². The molecule has 0 aliphatic rings. The van der Waals surface area contributed by atoms with Crippen molar-refractivity contribution in [3.05, 3.63) is 29.6 Å². The molecule has 3 nitrogen and oxygen atoms in total. The minimum Gasteiger partial charge on any atom is -0.472 e. The van der Waals surface area contributed by atoms with E-state index in [1.807, 2.05) is 18.9 Å². The van der Waals surface area contributed by atoms with Crippen molar-refractivity contribution in [1.29, 1.82) is 0 Å². The van der Waals surface area contributed by atoms with Gasteiger partial charge in [-0.15, -0.1) is 0 Å². The Hall–Kier alpha value is -1.82. The lowest BCUT2D eigenvalue weighted by Gasteiger charge is -1.89. The van der Waals surface area contributed by atoms with Crippen LogP contribution in [0.2, 0.25) is 0 Å². The number of carbonyl (C=O) groups is 1. The predicted molar refractivity (Wildman–Crippen MR) is 43.5 cm³/mol. The first-order chi connectivity index (χ1) is 5.68. The van der Waals surface area contributed by atoms with Gasteiger partial charge in [0.2, 0.25) is 0 Å². The lowest BCUT2D eigenvalue weighted by atomic mass is 10.3. The molecule has 0 bridgehead atoms. The van der Waals surface area contributed by atoms with Crippen LogP contribution in [0.15, 0.2) is 18.3 Å². The van der Waals surface area contributed by atoms with Gasteiger partial charge in [-0.25, -0.2) is 9.78 Å². The number of rotatable bonds is 0. The Morgan fingerprint density at radius 2 is 2.33 bits per heavy atom. The monoisotopic (exact) mass is 161 g/mol. The van der Waals surface area contributed by atoms with Crippen molar-refractivity contribution in [1.82, 2.24) is 4.98 Å². The second kappa shape index (κ2) is 3.54. The maximum atomic E-state index is 10.0. The van der Waals surface area contributed by atoms with Crippen LogP contribution in [0.1, 0.15) is 11.3 Å². The van der Waals surface area contributed by atoms with E-state index in [4.69, 9.17) is 5.11 Å². The number of aliphatic carboxylic acids is 1. The van der Waals surface area contributed by atoms with Gasteiger partial charge in [-0.3, -0.25) is 0 Å². The molecule has 0 amide bonds. The maximum absolute atomic E-state index is 10.0. The Morgan fingerprint density at radius 1 is 1.58 bits per heavy atom. The van der Waals surface area contributed by atoms with E-state index in [9.17, 15) is 4.79 Å². The van der Waals surface area contributed by atoms with Crippen LogP contribution in [-0.2, 0) is 4.79 Å². The van der Waals surface area contributed by atoms with Gasteiger partial charge in [0.05, 0.1) is 0 Å². The Kier molecular flexibility index (Phi) is 2.44. The van der Waals surface area contributed by atoms with Crippen LogP contribution in [0.25, 0.3) is 0 Å². The first-order valence-electron chi connectivity index (χ1n) is 3.36. The molecule has 1 N–H and O–H groups in total. The van der Waals surface area contributed by atoms with Crippen LogP contribution in [0, 0.1) is 18.8 Å². The van der Waals surface area contributed by atoms with Crippen molar-refractivity contribution in [2.45, 2.75) is 6.92 Å². The van der Waals surface area contributed by atoms with Crippen LogP contribution in [0.5, 0.6) is 0 Å². The van der Waals surface area contributed by atoms with Crippen LogP contribution in [0.4, 0.5) is 0 Å². The normalized spacial score (nSPS) is 8.42. The van der Waals surface area contributed by atoms with Gasteiger partial charge in [-0.1, -0.05) is 6.07 Å². The minimum atomic E-state index is -1.14. The summed E-state index contributed by atoms with van der Waals surface area (Å²) in [6.45, 7) is 1.90. The third-order valence-electron chi connectivity index (χ3n) is 1.21. The molecule has 1 rings (SSSR count). The fourth-order valence-electron chi connectivity index (χ4n) is 0.659. The molecule has 0 fully saturated rings. The molecule has 0 spiro atoms. The van der Waals surface area contributed by atoms with E-state index < -0.39 is 5.97 Å². The van der Waals surface area contributed by atoms with Gasteiger partial charge in [0.25, 0.3) is 0 Å². The van der Waals surface area contributed by atoms with Gasteiger partial charge >= 0.3 is 5.97 Å². The van der Waals surface area contributed by atoms with E-state index in [-0.39, 0.29) is 0 Å². The highest BCUT2D eigenvalue weighted by molar-refractivity contribution is 5.87. The van der Waals surface area contributed by atoms with Crippen LogP contribution in [-0.4, -0.2) is 16.1 Å². The fraction of sp³-hybridized carbons (Fsp3) is 0.111. The molecule has 1 aromatic rings. The smallest absolute Gasteiger partial charge is 0.382 e. The summed E-state index contributed by atoms with van der Waals surface area (Å²) >= 11 is 0. The molecule has 12 heavy (non-hydrogen) atoms. The van der Waals surface area contributed by atoms with Gasteiger partial charge in [0.1, 0.15) is 5.69 Å². The highest BCUT2D eigenvalue weighted by Gasteiger charge is 1.88. The number of aromatic nitrogens is 1. The molecular weight excluding hydrogens is 154 g/mol. The zero-order chi connectivity index (χ0) is 8.97. The molecule has 0 aromatic carbocycles. The number of nitrogens with zero attached hydrogens (tertiary/aromatic N) is 1. The number of hydrogen-bond donors (Lipinski definition) is 1.